The van der Waals surface area contributed by atoms with E-state index in [0.717, 1.165) is 5.56 Å². The van der Waals surface area contributed by atoms with Crippen molar-refractivity contribution >= 4 is 5.97 Å². The van der Waals surface area contributed by atoms with Gasteiger partial charge in [0.15, 0.2) is 0 Å². The minimum atomic E-state index is -0.486. The zero-order valence-corrected chi connectivity index (χ0v) is 7.70. The number of carbonyl (C=O) groups is 1. The van der Waals surface area contributed by atoms with E-state index in [1.54, 1.807) is 19.1 Å². The third-order valence-corrected chi connectivity index (χ3v) is 1.65. The Hall–Kier alpha value is -1.51. The van der Waals surface area contributed by atoms with Gasteiger partial charge in [0.25, 0.3) is 0 Å². The van der Waals surface area contributed by atoms with Crippen LogP contribution in [0.15, 0.2) is 18.2 Å². The number of benzene rings is 1. The summed E-state index contributed by atoms with van der Waals surface area (Å²) in [5, 5.41) is 9.39. The number of aromatic hydroxyl groups is 1. The van der Waals surface area contributed by atoms with Gasteiger partial charge < -0.3 is 9.84 Å². The van der Waals surface area contributed by atoms with Crippen LogP contribution < -0.4 is 0 Å². The van der Waals surface area contributed by atoms with E-state index in [2.05, 4.69) is 0 Å². The highest BCUT2D eigenvalue weighted by molar-refractivity contribution is 5.92. The standard InChI is InChI=1S/C10H12O3/c1-3-13-10(12)8-5-4-7(2)6-9(8)11/h4-6,11H,3H2,1-2H3. The molecule has 70 valence electrons. The first-order chi connectivity index (χ1) is 6.15. The molecule has 0 spiro atoms. The average molecular weight is 180 g/mol. The molecule has 0 bridgehead atoms. The molecule has 1 N–H and O–H groups in total. The van der Waals surface area contributed by atoms with E-state index < -0.39 is 5.97 Å². The number of rotatable bonds is 2. The number of carbonyl (C=O) groups excluding carboxylic acids is 1. The van der Waals surface area contributed by atoms with Gasteiger partial charge in [-0.15, -0.1) is 0 Å². The number of phenols is 1. The van der Waals surface area contributed by atoms with Crippen molar-refractivity contribution in [2.24, 2.45) is 0 Å². The second kappa shape index (κ2) is 3.94. The highest BCUT2D eigenvalue weighted by Crippen LogP contribution is 2.18. The van der Waals surface area contributed by atoms with Gasteiger partial charge in [0.1, 0.15) is 11.3 Å². The fraction of sp³-hybridized carbons (Fsp3) is 0.300. The summed E-state index contributed by atoms with van der Waals surface area (Å²) in [5.74, 6) is -0.515. The Morgan fingerprint density at radius 1 is 1.54 bits per heavy atom. The van der Waals surface area contributed by atoms with Gasteiger partial charge >= 0.3 is 5.97 Å². The van der Waals surface area contributed by atoms with Crippen LogP contribution in [-0.2, 0) is 4.74 Å². The normalized spacial score (nSPS) is 9.69. The topological polar surface area (TPSA) is 46.5 Å². The highest BCUT2D eigenvalue weighted by Gasteiger charge is 2.10. The molecule has 0 saturated carbocycles. The second-order valence-corrected chi connectivity index (χ2v) is 2.74. The summed E-state index contributed by atoms with van der Waals surface area (Å²) < 4.78 is 4.75. The van der Waals surface area contributed by atoms with Gasteiger partial charge in [0.05, 0.1) is 6.61 Å². The SMILES string of the molecule is CCOC(=O)c1ccc(C)cc1O. The van der Waals surface area contributed by atoms with Crippen molar-refractivity contribution in [2.45, 2.75) is 13.8 Å². The Bertz CT molecular complexity index is 318. The molecule has 0 atom stereocenters. The van der Waals surface area contributed by atoms with E-state index in [1.807, 2.05) is 6.92 Å². The van der Waals surface area contributed by atoms with Gasteiger partial charge in [-0.2, -0.15) is 0 Å². The maximum atomic E-state index is 11.2. The Morgan fingerprint density at radius 3 is 2.77 bits per heavy atom. The maximum Gasteiger partial charge on any atom is 0.341 e. The Balaban J connectivity index is 2.95. The van der Waals surface area contributed by atoms with E-state index in [1.165, 1.54) is 6.07 Å². The van der Waals surface area contributed by atoms with Crippen LogP contribution in [0.25, 0.3) is 0 Å². The molecule has 0 saturated heterocycles. The lowest BCUT2D eigenvalue weighted by atomic mass is 10.1. The number of hydrogen-bond acceptors (Lipinski definition) is 3. The van der Waals surface area contributed by atoms with Crippen molar-refractivity contribution in [3.63, 3.8) is 0 Å². The van der Waals surface area contributed by atoms with Gasteiger partial charge in [-0.1, -0.05) is 6.07 Å². The van der Waals surface area contributed by atoms with Crippen LogP contribution in [0, 0.1) is 6.92 Å². The van der Waals surface area contributed by atoms with E-state index in [0.29, 0.717) is 6.61 Å². The van der Waals surface area contributed by atoms with E-state index >= 15 is 0 Å². The zero-order valence-electron chi connectivity index (χ0n) is 7.70. The molecule has 13 heavy (non-hydrogen) atoms. The molecule has 0 radical (unpaired) electrons. The van der Waals surface area contributed by atoms with Crippen molar-refractivity contribution < 1.29 is 14.6 Å². The predicted molar refractivity (Wildman–Crippen MR) is 48.8 cm³/mol. The number of aryl methyl sites for hydroxylation is 1. The molecule has 0 amide bonds. The van der Waals surface area contributed by atoms with Crippen molar-refractivity contribution in [2.75, 3.05) is 6.61 Å². The number of hydrogen-bond donors (Lipinski definition) is 1. The van der Waals surface area contributed by atoms with Crippen LogP contribution in [0.3, 0.4) is 0 Å². The maximum absolute atomic E-state index is 11.2. The molecular weight excluding hydrogens is 168 g/mol. The van der Waals surface area contributed by atoms with Gasteiger partial charge in [-0.25, -0.2) is 4.79 Å². The van der Waals surface area contributed by atoms with Crippen LogP contribution in [0.4, 0.5) is 0 Å². The predicted octanol–water partition coefficient (Wildman–Crippen LogP) is 1.88. The molecule has 0 fully saturated rings. The molecule has 0 aliphatic heterocycles. The Labute approximate surface area is 77.0 Å². The Morgan fingerprint density at radius 2 is 2.23 bits per heavy atom. The summed E-state index contributed by atoms with van der Waals surface area (Å²) in [4.78, 5) is 11.2. The molecule has 0 aliphatic carbocycles. The molecule has 3 nitrogen and oxygen atoms in total. The quantitative estimate of drug-likeness (QED) is 0.707. The molecule has 1 aromatic rings. The molecular formula is C10H12O3. The zero-order chi connectivity index (χ0) is 9.84. The Kier molecular flexibility index (Phi) is 2.90. The molecule has 1 rings (SSSR count). The number of esters is 1. The third kappa shape index (κ3) is 2.21. The lowest BCUT2D eigenvalue weighted by Gasteiger charge is -2.04. The first kappa shape index (κ1) is 9.58. The number of ether oxygens (including phenoxy) is 1. The van der Waals surface area contributed by atoms with E-state index in [9.17, 15) is 9.90 Å². The lowest BCUT2D eigenvalue weighted by Crippen LogP contribution is -2.04. The van der Waals surface area contributed by atoms with Gasteiger partial charge in [0.2, 0.25) is 0 Å². The minimum Gasteiger partial charge on any atom is -0.507 e. The number of phenolic OH excluding ortho intramolecular Hbond substituents is 1. The summed E-state index contributed by atoms with van der Waals surface area (Å²) in [7, 11) is 0. The summed E-state index contributed by atoms with van der Waals surface area (Å²) in [6.45, 7) is 3.88. The summed E-state index contributed by atoms with van der Waals surface area (Å²) >= 11 is 0. The monoisotopic (exact) mass is 180 g/mol. The molecule has 1 aromatic carbocycles. The van der Waals surface area contributed by atoms with Crippen molar-refractivity contribution in [1.82, 2.24) is 0 Å². The minimum absolute atomic E-state index is 0.0292. The summed E-state index contributed by atoms with van der Waals surface area (Å²) in [6.07, 6.45) is 0. The van der Waals surface area contributed by atoms with Gasteiger partial charge in [0, 0.05) is 0 Å². The molecule has 0 heterocycles. The highest BCUT2D eigenvalue weighted by atomic mass is 16.5. The van der Waals surface area contributed by atoms with Crippen LogP contribution in [0.5, 0.6) is 5.75 Å². The lowest BCUT2D eigenvalue weighted by molar-refractivity contribution is 0.0523. The van der Waals surface area contributed by atoms with Crippen molar-refractivity contribution in [1.29, 1.82) is 0 Å². The second-order valence-electron chi connectivity index (χ2n) is 2.74. The third-order valence-electron chi connectivity index (χ3n) is 1.65. The van der Waals surface area contributed by atoms with E-state index in [-0.39, 0.29) is 11.3 Å². The van der Waals surface area contributed by atoms with Gasteiger partial charge in [-0.3, -0.25) is 0 Å². The first-order valence-corrected chi connectivity index (χ1v) is 4.12. The van der Waals surface area contributed by atoms with E-state index in [4.69, 9.17) is 4.74 Å². The summed E-state index contributed by atoms with van der Waals surface area (Å²) in [5.41, 5.74) is 1.12. The largest absolute Gasteiger partial charge is 0.507 e. The molecule has 0 unspecified atom stereocenters. The van der Waals surface area contributed by atoms with Crippen LogP contribution in [-0.4, -0.2) is 17.7 Å². The fourth-order valence-electron chi connectivity index (χ4n) is 1.02. The van der Waals surface area contributed by atoms with Crippen LogP contribution in [0.1, 0.15) is 22.8 Å². The first-order valence-electron chi connectivity index (χ1n) is 4.12. The van der Waals surface area contributed by atoms with Crippen molar-refractivity contribution in [3.05, 3.63) is 29.3 Å². The van der Waals surface area contributed by atoms with Gasteiger partial charge in [-0.05, 0) is 31.5 Å². The molecule has 3 heteroatoms. The molecule has 0 aliphatic rings. The summed E-state index contributed by atoms with van der Waals surface area (Å²) in [6, 6.07) is 4.85. The van der Waals surface area contributed by atoms with Crippen molar-refractivity contribution in [3.8, 4) is 5.75 Å². The smallest absolute Gasteiger partial charge is 0.341 e. The fourth-order valence-corrected chi connectivity index (χ4v) is 1.02. The molecule has 0 aromatic heterocycles. The van der Waals surface area contributed by atoms with Crippen LogP contribution in [0.2, 0.25) is 0 Å². The van der Waals surface area contributed by atoms with Crippen LogP contribution >= 0.6 is 0 Å². The average Bonchev–Trinajstić information content (AvgIpc) is 2.04.